The summed E-state index contributed by atoms with van der Waals surface area (Å²) in [7, 11) is 0. The Balaban J connectivity index is 1.49. The SMILES string of the molecule is CC(Oc1ccc2ccc(Oc3ccc(C(F)(F)F)cc3Cl)cc2c1)C(=O)Oc1ccccc1. The van der Waals surface area contributed by atoms with E-state index in [2.05, 4.69) is 0 Å². The number of halogens is 4. The van der Waals surface area contributed by atoms with Crippen LogP contribution in [0.3, 0.4) is 0 Å². The summed E-state index contributed by atoms with van der Waals surface area (Å²) in [5.41, 5.74) is -0.856. The standard InChI is InChI=1S/C26H18ClF3O4/c1-16(25(31)34-20-5-3-2-4-6-20)32-21-10-7-17-8-11-22(14-18(17)13-21)33-24-12-9-19(15-23(24)27)26(28,29)30/h2-16H,1H3. The first-order valence-electron chi connectivity index (χ1n) is 10.2. The Bertz CT molecular complexity index is 1320. The molecule has 0 aliphatic rings. The van der Waals surface area contributed by atoms with Crippen LogP contribution in [0.2, 0.25) is 5.02 Å². The molecule has 0 saturated heterocycles. The second-order valence-electron chi connectivity index (χ2n) is 7.41. The fourth-order valence-electron chi connectivity index (χ4n) is 3.17. The summed E-state index contributed by atoms with van der Waals surface area (Å²) >= 11 is 5.98. The van der Waals surface area contributed by atoms with Crippen molar-refractivity contribution in [3.05, 3.63) is 95.5 Å². The van der Waals surface area contributed by atoms with Crippen LogP contribution in [0, 0.1) is 0 Å². The van der Waals surface area contributed by atoms with Gasteiger partial charge in [-0.2, -0.15) is 13.2 Å². The third-order valence-corrected chi connectivity index (χ3v) is 5.17. The first-order valence-corrected chi connectivity index (χ1v) is 10.6. The topological polar surface area (TPSA) is 44.8 Å². The molecule has 0 saturated carbocycles. The van der Waals surface area contributed by atoms with Crippen molar-refractivity contribution in [3.8, 4) is 23.0 Å². The number of rotatable bonds is 6. The highest BCUT2D eigenvalue weighted by Gasteiger charge is 2.31. The highest BCUT2D eigenvalue weighted by molar-refractivity contribution is 6.32. The van der Waals surface area contributed by atoms with Gasteiger partial charge < -0.3 is 14.2 Å². The Morgan fingerprint density at radius 3 is 2.18 bits per heavy atom. The average Bonchev–Trinajstić information content (AvgIpc) is 2.80. The molecule has 1 atom stereocenters. The minimum atomic E-state index is -4.49. The second kappa shape index (κ2) is 9.65. The van der Waals surface area contributed by atoms with Crippen molar-refractivity contribution in [2.24, 2.45) is 0 Å². The molecule has 4 nitrogen and oxygen atoms in total. The van der Waals surface area contributed by atoms with Gasteiger partial charge in [-0.15, -0.1) is 0 Å². The Labute approximate surface area is 198 Å². The molecule has 0 amide bonds. The fourth-order valence-corrected chi connectivity index (χ4v) is 3.39. The van der Waals surface area contributed by atoms with Gasteiger partial charge in [0.1, 0.15) is 23.0 Å². The number of hydrogen-bond acceptors (Lipinski definition) is 4. The smallest absolute Gasteiger partial charge is 0.416 e. The first-order chi connectivity index (χ1) is 16.2. The van der Waals surface area contributed by atoms with E-state index in [-0.39, 0.29) is 10.8 Å². The fraction of sp³-hybridized carbons (Fsp3) is 0.115. The van der Waals surface area contributed by atoms with Gasteiger partial charge in [0, 0.05) is 0 Å². The van der Waals surface area contributed by atoms with Gasteiger partial charge in [-0.1, -0.05) is 41.9 Å². The van der Waals surface area contributed by atoms with Crippen LogP contribution >= 0.6 is 11.6 Å². The maximum atomic E-state index is 12.8. The Kier molecular flexibility index (Phi) is 6.65. The van der Waals surface area contributed by atoms with Crippen molar-refractivity contribution in [1.29, 1.82) is 0 Å². The second-order valence-corrected chi connectivity index (χ2v) is 7.82. The molecule has 34 heavy (non-hydrogen) atoms. The molecule has 0 N–H and O–H groups in total. The predicted molar refractivity (Wildman–Crippen MR) is 123 cm³/mol. The summed E-state index contributed by atoms with van der Waals surface area (Å²) in [6.45, 7) is 1.58. The molecule has 4 aromatic rings. The van der Waals surface area contributed by atoms with Crippen molar-refractivity contribution in [2.45, 2.75) is 19.2 Å². The Morgan fingerprint density at radius 2 is 1.50 bits per heavy atom. The molecule has 0 aliphatic carbocycles. The van der Waals surface area contributed by atoms with Crippen molar-refractivity contribution in [3.63, 3.8) is 0 Å². The third kappa shape index (κ3) is 5.61. The van der Waals surface area contributed by atoms with E-state index in [9.17, 15) is 18.0 Å². The lowest BCUT2D eigenvalue weighted by Crippen LogP contribution is -2.28. The van der Waals surface area contributed by atoms with Crippen LogP contribution in [0.5, 0.6) is 23.0 Å². The molecular weight excluding hydrogens is 469 g/mol. The molecule has 4 aromatic carbocycles. The van der Waals surface area contributed by atoms with Gasteiger partial charge in [0.15, 0.2) is 6.10 Å². The highest BCUT2D eigenvalue weighted by atomic mass is 35.5. The molecule has 4 rings (SSSR count). The van der Waals surface area contributed by atoms with E-state index >= 15 is 0 Å². The summed E-state index contributed by atoms with van der Waals surface area (Å²) in [4.78, 5) is 12.3. The largest absolute Gasteiger partial charge is 0.479 e. The molecule has 0 heterocycles. The van der Waals surface area contributed by atoms with Crippen molar-refractivity contribution in [1.82, 2.24) is 0 Å². The number of carbonyl (C=O) groups is 1. The minimum absolute atomic E-state index is 0.0960. The Hall–Kier alpha value is -3.71. The summed E-state index contributed by atoms with van der Waals surface area (Å²) in [6.07, 6.45) is -5.35. The zero-order valence-electron chi connectivity index (χ0n) is 17.8. The number of ether oxygens (including phenoxy) is 3. The van der Waals surface area contributed by atoms with Gasteiger partial charge >= 0.3 is 12.1 Å². The van der Waals surface area contributed by atoms with Crippen molar-refractivity contribution >= 4 is 28.3 Å². The number of esters is 1. The molecule has 0 radical (unpaired) electrons. The van der Waals surface area contributed by atoms with E-state index in [4.69, 9.17) is 25.8 Å². The Morgan fingerprint density at radius 1 is 0.824 bits per heavy atom. The maximum Gasteiger partial charge on any atom is 0.416 e. The van der Waals surface area contributed by atoms with Crippen LogP contribution in [-0.4, -0.2) is 12.1 Å². The maximum absolute atomic E-state index is 12.8. The normalized spacial score (nSPS) is 12.3. The van der Waals surface area contributed by atoms with Crippen LogP contribution < -0.4 is 14.2 Å². The monoisotopic (exact) mass is 486 g/mol. The lowest BCUT2D eigenvalue weighted by atomic mass is 10.1. The lowest BCUT2D eigenvalue weighted by Gasteiger charge is -2.15. The van der Waals surface area contributed by atoms with Gasteiger partial charge in [0.25, 0.3) is 0 Å². The number of benzene rings is 4. The molecule has 0 aromatic heterocycles. The van der Waals surface area contributed by atoms with Gasteiger partial charge in [-0.25, -0.2) is 4.79 Å². The molecular formula is C26H18ClF3O4. The summed E-state index contributed by atoms with van der Waals surface area (Å²) in [6, 6.07) is 22.0. The van der Waals surface area contributed by atoms with Crippen molar-refractivity contribution in [2.75, 3.05) is 0 Å². The number of hydrogen-bond donors (Lipinski definition) is 0. The third-order valence-electron chi connectivity index (χ3n) is 4.88. The molecule has 0 fully saturated rings. The number of carbonyl (C=O) groups excluding carboxylic acids is 1. The van der Waals surface area contributed by atoms with E-state index in [1.165, 1.54) is 6.07 Å². The zero-order chi connectivity index (χ0) is 24.3. The first kappa shape index (κ1) is 23.4. The average molecular weight is 487 g/mol. The van der Waals surface area contributed by atoms with E-state index in [0.717, 1.165) is 22.9 Å². The van der Waals surface area contributed by atoms with Crippen LogP contribution in [0.1, 0.15) is 12.5 Å². The minimum Gasteiger partial charge on any atom is -0.479 e. The molecule has 8 heteroatoms. The van der Waals surface area contributed by atoms with E-state index in [1.807, 2.05) is 12.1 Å². The quantitative estimate of drug-likeness (QED) is 0.207. The van der Waals surface area contributed by atoms with E-state index < -0.39 is 23.8 Å². The molecule has 1 unspecified atom stereocenters. The zero-order valence-corrected chi connectivity index (χ0v) is 18.6. The number of para-hydroxylation sites is 1. The van der Waals surface area contributed by atoms with Crippen LogP contribution in [0.4, 0.5) is 13.2 Å². The summed E-state index contributed by atoms with van der Waals surface area (Å²) < 4.78 is 55.3. The molecule has 0 bridgehead atoms. The van der Waals surface area contributed by atoms with Crippen LogP contribution in [0.25, 0.3) is 10.8 Å². The highest BCUT2D eigenvalue weighted by Crippen LogP contribution is 2.37. The summed E-state index contributed by atoms with van der Waals surface area (Å²) in [5, 5.41) is 1.46. The molecule has 0 aliphatic heterocycles. The van der Waals surface area contributed by atoms with E-state index in [1.54, 1.807) is 61.5 Å². The predicted octanol–water partition coefficient (Wildman–Crippen LogP) is 7.68. The van der Waals surface area contributed by atoms with Gasteiger partial charge in [-0.05, 0) is 72.3 Å². The van der Waals surface area contributed by atoms with Gasteiger partial charge in [0.2, 0.25) is 0 Å². The van der Waals surface area contributed by atoms with Crippen molar-refractivity contribution < 1.29 is 32.2 Å². The van der Waals surface area contributed by atoms with Gasteiger partial charge in [-0.3, -0.25) is 0 Å². The lowest BCUT2D eigenvalue weighted by molar-refractivity contribution is -0.141. The van der Waals surface area contributed by atoms with Crippen LogP contribution in [-0.2, 0) is 11.0 Å². The number of alkyl halides is 3. The molecule has 0 spiro atoms. The van der Waals surface area contributed by atoms with Crippen LogP contribution in [0.15, 0.2) is 84.9 Å². The molecule has 174 valence electrons. The summed E-state index contributed by atoms with van der Waals surface area (Å²) in [5.74, 6) is 0.793. The van der Waals surface area contributed by atoms with E-state index in [0.29, 0.717) is 17.2 Å². The number of fused-ring (bicyclic) bond motifs is 1. The van der Waals surface area contributed by atoms with Gasteiger partial charge in [0.05, 0.1) is 10.6 Å².